The van der Waals surface area contributed by atoms with E-state index in [0.717, 1.165) is 17.0 Å². The van der Waals surface area contributed by atoms with Crippen LogP contribution in [0.25, 0.3) is 0 Å². The Labute approximate surface area is 191 Å². The zero-order valence-electron chi connectivity index (χ0n) is 19.0. The van der Waals surface area contributed by atoms with Crippen molar-refractivity contribution in [2.24, 2.45) is 7.05 Å². The number of benzene rings is 2. The Balaban J connectivity index is 1.79. The number of carbonyl (C=O) groups is 2. The van der Waals surface area contributed by atoms with Gasteiger partial charge in [-0.05, 0) is 44.4 Å². The van der Waals surface area contributed by atoms with Crippen molar-refractivity contribution in [1.82, 2.24) is 9.78 Å². The standard InChI is InChI=1S/C24H26N4O5/c1-15-10-12-20(21(14-15)28(31)32)25-24(30)23(18-8-6-5-7-9-18)33-22(29)13-11-19-16(2)26-27(4)17(19)3/h5-10,12,14,23H,11,13H2,1-4H3,(H,25,30). The lowest BCUT2D eigenvalue weighted by atomic mass is 10.1. The zero-order valence-corrected chi connectivity index (χ0v) is 19.0. The van der Waals surface area contributed by atoms with Gasteiger partial charge in [0.2, 0.25) is 6.10 Å². The van der Waals surface area contributed by atoms with Crippen LogP contribution >= 0.6 is 0 Å². The minimum Gasteiger partial charge on any atom is -0.447 e. The maximum Gasteiger partial charge on any atom is 0.307 e. The fourth-order valence-corrected chi connectivity index (χ4v) is 3.59. The monoisotopic (exact) mass is 450 g/mol. The molecule has 1 heterocycles. The summed E-state index contributed by atoms with van der Waals surface area (Å²) in [5.74, 6) is -1.23. The van der Waals surface area contributed by atoms with E-state index in [-0.39, 0.29) is 17.8 Å². The number of hydrogen-bond donors (Lipinski definition) is 1. The van der Waals surface area contributed by atoms with Crippen molar-refractivity contribution < 1.29 is 19.2 Å². The molecular formula is C24H26N4O5. The average Bonchev–Trinajstić information content (AvgIpc) is 3.03. The Morgan fingerprint density at radius 3 is 2.45 bits per heavy atom. The van der Waals surface area contributed by atoms with Gasteiger partial charge in [-0.3, -0.25) is 24.4 Å². The van der Waals surface area contributed by atoms with Crippen molar-refractivity contribution in [2.45, 2.75) is 39.7 Å². The molecular weight excluding hydrogens is 424 g/mol. The quantitative estimate of drug-likeness (QED) is 0.314. The predicted molar refractivity (Wildman–Crippen MR) is 123 cm³/mol. The molecule has 33 heavy (non-hydrogen) atoms. The summed E-state index contributed by atoms with van der Waals surface area (Å²) >= 11 is 0. The average molecular weight is 450 g/mol. The molecule has 9 heteroatoms. The molecule has 0 fully saturated rings. The topological polar surface area (TPSA) is 116 Å². The van der Waals surface area contributed by atoms with E-state index in [2.05, 4.69) is 10.4 Å². The van der Waals surface area contributed by atoms with Gasteiger partial charge in [-0.15, -0.1) is 0 Å². The van der Waals surface area contributed by atoms with Crippen molar-refractivity contribution in [3.05, 3.63) is 86.7 Å². The van der Waals surface area contributed by atoms with Gasteiger partial charge in [-0.2, -0.15) is 5.10 Å². The fraction of sp³-hybridized carbons (Fsp3) is 0.292. The van der Waals surface area contributed by atoms with Gasteiger partial charge in [-0.25, -0.2) is 0 Å². The van der Waals surface area contributed by atoms with Crippen LogP contribution in [-0.2, 0) is 27.8 Å². The second kappa shape index (κ2) is 10.1. The van der Waals surface area contributed by atoms with Crippen molar-refractivity contribution in [2.75, 3.05) is 5.32 Å². The van der Waals surface area contributed by atoms with Gasteiger partial charge < -0.3 is 10.1 Å². The van der Waals surface area contributed by atoms with Crippen LogP contribution in [0.1, 0.15) is 40.6 Å². The number of rotatable bonds is 8. The lowest BCUT2D eigenvalue weighted by Gasteiger charge is -2.18. The van der Waals surface area contributed by atoms with E-state index in [4.69, 9.17) is 4.74 Å². The largest absolute Gasteiger partial charge is 0.447 e. The Morgan fingerprint density at radius 2 is 1.85 bits per heavy atom. The number of nitrogens with zero attached hydrogens (tertiary/aromatic N) is 3. The molecule has 0 spiro atoms. The third-order valence-electron chi connectivity index (χ3n) is 5.44. The molecule has 0 aliphatic carbocycles. The summed E-state index contributed by atoms with van der Waals surface area (Å²) in [6.07, 6.45) is -0.762. The van der Waals surface area contributed by atoms with Gasteiger partial charge in [0.25, 0.3) is 11.6 Å². The number of aryl methyl sites for hydroxylation is 3. The maximum absolute atomic E-state index is 13.1. The Hall–Kier alpha value is -4.01. The lowest BCUT2D eigenvalue weighted by molar-refractivity contribution is -0.384. The first-order valence-corrected chi connectivity index (χ1v) is 10.5. The summed E-state index contributed by atoms with van der Waals surface area (Å²) in [6.45, 7) is 5.52. The van der Waals surface area contributed by atoms with Crippen molar-refractivity contribution in [3.8, 4) is 0 Å². The predicted octanol–water partition coefficient (Wildman–Crippen LogP) is 4.11. The Bertz CT molecular complexity index is 1190. The minimum absolute atomic E-state index is 0.0363. The number of esters is 1. The van der Waals surface area contributed by atoms with Crippen LogP contribution in [0.3, 0.4) is 0 Å². The summed E-state index contributed by atoms with van der Waals surface area (Å²) in [5, 5.41) is 18.3. The molecule has 1 atom stereocenters. The Morgan fingerprint density at radius 1 is 1.15 bits per heavy atom. The summed E-state index contributed by atoms with van der Waals surface area (Å²) in [5.41, 5.74) is 3.72. The minimum atomic E-state index is -1.25. The number of amides is 1. The molecule has 1 N–H and O–H groups in total. The zero-order chi connectivity index (χ0) is 24.1. The number of aromatic nitrogens is 2. The highest BCUT2D eigenvalue weighted by atomic mass is 16.6. The molecule has 0 aliphatic rings. The third kappa shape index (κ3) is 5.62. The number of nitrogens with one attached hydrogen (secondary N) is 1. The lowest BCUT2D eigenvalue weighted by Crippen LogP contribution is -2.26. The van der Waals surface area contributed by atoms with Gasteiger partial charge in [-0.1, -0.05) is 36.4 Å². The molecule has 1 unspecified atom stereocenters. The van der Waals surface area contributed by atoms with Crippen LogP contribution in [0.2, 0.25) is 0 Å². The highest BCUT2D eigenvalue weighted by molar-refractivity contribution is 5.97. The molecule has 0 bridgehead atoms. The number of ether oxygens (including phenoxy) is 1. The molecule has 2 aromatic carbocycles. The summed E-state index contributed by atoms with van der Waals surface area (Å²) in [4.78, 5) is 36.6. The molecule has 0 aliphatic heterocycles. The smallest absolute Gasteiger partial charge is 0.307 e. The molecule has 9 nitrogen and oxygen atoms in total. The van der Waals surface area contributed by atoms with E-state index in [1.54, 1.807) is 48.0 Å². The molecule has 172 valence electrons. The first-order valence-electron chi connectivity index (χ1n) is 10.5. The fourth-order valence-electron chi connectivity index (χ4n) is 3.59. The van der Waals surface area contributed by atoms with E-state index in [1.807, 2.05) is 20.9 Å². The van der Waals surface area contributed by atoms with Crippen molar-refractivity contribution in [1.29, 1.82) is 0 Å². The molecule has 3 aromatic rings. The van der Waals surface area contributed by atoms with Crippen molar-refractivity contribution >= 4 is 23.3 Å². The molecule has 0 saturated carbocycles. The number of nitro benzene ring substituents is 1. The molecule has 0 saturated heterocycles. The number of hydrogen-bond acceptors (Lipinski definition) is 6. The summed E-state index contributed by atoms with van der Waals surface area (Å²) in [6, 6.07) is 13.0. The van der Waals surface area contributed by atoms with Crippen LogP contribution in [0.5, 0.6) is 0 Å². The molecule has 1 amide bonds. The van der Waals surface area contributed by atoms with E-state index in [9.17, 15) is 19.7 Å². The van der Waals surface area contributed by atoms with Gasteiger partial charge in [0.15, 0.2) is 0 Å². The van der Waals surface area contributed by atoms with Crippen LogP contribution in [-0.4, -0.2) is 26.6 Å². The second-order valence-electron chi connectivity index (χ2n) is 7.82. The normalized spacial score (nSPS) is 11.6. The van der Waals surface area contributed by atoms with Crippen LogP contribution < -0.4 is 5.32 Å². The van der Waals surface area contributed by atoms with Gasteiger partial charge in [0.05, 0.1) is 10.6 Å². The molecule has 1 aromatic heterocycles. The van der Waals surface area contributed by atoms with Crippen LogP contribution in [0, 0.1) is 30.9 Å². The van der Waals surface area contributed by atoms with E-state index in [1.165, 1.54) is 12.1 Å². The van der Waals surface area contributed by atoms with E-state index in [0.29, 0.717) is 17.5 Å². The van der Waals surface area contributed by atoms with Crippen LogP contribution in [0.4, 0.5) is 11.4 Å². The van der Waals surface area contributed by atoms with E-state index < -0.39 is 22.9 Å². The SMILES string of the molecule is Cc1ccc(NC(=O)C(OC(=O)CCc2c(C)nn(C)c2C)c2ccccc2)c([N+](=O)[O-])c1. The molecule has 3 rings (SSSR count). The highest BCUT2D eigenvalue weighted by Crippen LogP contribution is 2.28. The highest BCUT2D eigenvalue weighted by Gasteiger charge is 2.27. The Kier molecular flexibility index (Phi) is 7.22. The van der Waals surface area contributed by atoms with Crippen LogP contribution in [0.15, 0.2) is 48.5 Å². The number of carbonyl (C=O) groups excluding carboxylic acids is 2. The molecule has 0 radical (unpaired) electrons. The van der Waals surface area contributed by atoms with E-state index >= 15 is 0 Å². The first kappa shape index (κ1) is 23.6. The number of nitro groups is 1. The summed E-state index contributed by atoms with van der Waals surface area (Å²) < 4.78 is 7.31. The van der Waals surface area contributed by atoms with Gasteiger partial charge in [0.1, 0.15) is 5.69 Å². The number of anilines is 1. The third-order valence-corrected chi connectivity index (χ3v) is 5.44. The summed E-state index contributed by atoms with van der Waals surface area (Å²) in [7, 11) is 1.84. The van der Waals surface area contributed by atoms with Crippen molar-refractivity contribution in [3.63, 3.8) is 0 Å². The van der Waals surface area contributed by atoms with Gasteiger partial charge in [0, 0.05) is 30.8 Å². The second-order valence-corrected chi connectivity index (χ2v) is 7.82. The van der Waals surface area contributed by atoms with Gasteiger partial charge >= 0.3 is 5.97 Å². The maximum atomic E-state index is 13.1. The first-order chi connectivity index (χ1) is 15.7.